The van der Waals surface area contributed by atoms with Crippen LogP contribution in [0.25, 0.3) is 0 Å². The first-order valence-corrected chi connectivity index (χ1v) is 9.27. The van der Waals surface area contributed by atoms with E-state index in [9.17, 15) is 14.7 Å². The molecule has 2 amide bonds. The molecule has 0 aromatic heterocycles. The van der Waals surface area contributed by atoms with Crippen LogP contribution in [0.2, 0.25) is 0 Å². The summed E-state index contributed by atoms with van der Waals surface area (Å²) in [5.74, 6) is 0.191. The highest BCUT2D eigenvalue weighted by molar-refractivity contribution is 6.01. The van der Waals surface area contributed by atoms with Crippen LogP contribution < -0.4 is 0 Å². The van der Waals surface area contributed by atoms with Crippen molar-refractivity contribution >= 4 is 11.8 Å². The minimum Gasteiger partial charge on any atom is -0.390 e. The van der Waals surface area contributed by atoms with Gasteiger partial charge >= 0.3 is 0 Å². The molecule has 5 nitrogen and oxygen atoms in total. The molecular weight excluding hydrogens is 316 g/mol. The van der Waals surface area contributed by atoms with Crippen molar-refractivity contribution in [3.05, 3.63) is 35.4 Å². The zero-order valence-corrected chi connectivity index (χ0v) is 15.1. The van der Waals surface area contributed by atoms with E-state index in [0.29, 0.717) is 12.5 Å². The monoisotopic (exact) mass is 344 g/mol. The molecule has 1 aromatic carbocycles. The van der Waals surface area contributed by atoms with Gasteiger partial charge in [-0.15, -0.1) is 0 Å². The number of imide groups is 1. The third kappa shape index (κ3) is 4.10. The third-order valence-electron chi connectivity index (χ3n) is 5.45. The maximum Gasteiger partial charge on any atom is 0.229 e. The molecule has 25 heavy (non-hydrogen) atoms. The van der Waals surface area contributed by atoms with Gasteiger partial charge in [0.2, 0.25) is 11.8 Å². The summed E-state index contributed by atoms with van der Waals surface area (Å²) in [5.41, 5.74) is 2.52. The molecule has 136 valence electrons. The maximum absolute atomic E-state index is 11.8. The van der Waals surface area contributed by atoms with E-state index >= 15 is 0 Å². The SMILES string of the molecule is Cc1ccc([C@@H]2[C@@H](C)CCCN2C[C@@H](O)CN2C(=O)CCC2=O)cc1. The van der Waals surface area contributed by atoms with Gasteiger partial charge in [0.05, 0.1) is 12.6 Å². The van der Waals surface area contributed by atoms with Gasteiger partial charge in [-0.25, -0.2) is 0 Å². The fourth-order valence-corrected chi connectivity index (χ4v) is 4.15. The van der Waals surface area contributed by atoms with E-state index in [2.05, 4.69) is 43.0 Å². The quantitative estimate of drug-likeness (QED) is 0.833. The molecule has 0 unspecified atom stereocenters. The van der Waals surface area contributed by atoms with Crippen molar-refractivity contribution in [2.75, 3.05) is 19.6 Å². The zero-order valence-electron chi connectivity index (χ0n) is 15.1. The van der Waals surface area contributed by atoms with Crippen molar-refractivity contribution in [2.24, 2.45) is 5.92 Å². The van der Waals surface area contributed by atoms with E-state index < -0.39 is 6.10 Å². The number of hydrogen-bond acceptors (Lipinski definition) is 4. The number of rotatable bonds is 5. The Hall–Kier alpha value is -1.72. The molecule has 5 heteroatoms. The van der Waals surface area contributed by atoms with E-state index in [1.54, 1.807) is 0 Å². The van der Waals surface area contributed by atoms with Gasteiger partial charge in [0.15, 0.2) is 0 Å². The molecule has 2 fully saturated rings. The molecule has 3 atom stereocenters. The average molecular weight is 344 g/mol. The summed E-state index contributed by atoms with van der Waals surface area (Å²) >= 11 is 0. The summed E-state index contributed by atoms with van der Waals surface area (Å²) in [4.78, 5) is 27.1. The Balaban J connectivity index is 1.69. The number of likely N-dealkylation sites (tertiary alicyclic amines) is 2. The van der Waals surface area contributed by atoms with Crippen LogP contribution in [-0.4, -0.2) is 52.5 Å². The van der Waals surface area contributed by atoms with Gasteiger partial charge in [0, 0.05) is 25.4 Å². The molecule has 3 rings (SSSR count). The van der Waals surface area contributed by atoms with Crippen LogP contribution >= 0.6 is 0 Å². The number of carbonyl (C=O) groups is 2. The molecule has 2 saturated heterocycles. The van der Waals surface area contributed by atoms with Crippen LogP contribution in [0, 0.1) is 12.8 Å². The number of nitrogens with zero attached hydrogens (tertiary/aromatic N) is 2. The number of aliphatic hydroxyl groups is 1. The van der Waals surface area contributed by atoms with Gasteiger partial charge < -0.3 is 5.11 Å². The third-order valence-corrected chi connectivity index (χ3v) is 5.45. The molecule has 1 N–H and O–H groups in total. The summed E-state index contributed by atoms with van der Waals surface area (Å²) in [6, 6.07) is 8.89. The lowest BCUT2D eigenvalue weighted by molar-refractivity contribution is -0.140. The lowest BCUT2D eigenvalue weighted by Gasteiger charge is -2.41. The second kappa shape index (κ2) is 7.67. The Morgan fingerprint density at radius 2 is 1.76 bits per heavy atom. The normalized spacial score (nSPS) is 26.3. The lowest BCUT2D eigenvalue weighted by Crippen LogP contribution is -2.46. The molecular formula is C20H28N2O3. The van der Waals surface area contributed by atoms with E-state index in [1.165, 1.54) is 22.4 Å². The van der Waals surface area contributed by atoms with Gasteiger partial charge in [0.25, 0.3) is 0 Å². The van der Waals surface area contributed by atoms with Crippen LogP contribution in [0.1, 0.15) is 49.8 Å². The Labute approximate surface area is 149 Å². The van der Waals surface area contributed by atoms with E-state index in [0.717, 1.165) is 13.0 Å². The van der Waals surface area contributed by atoms with Crippen molar-refractivity contribution in [3.8, 4) is 0 Å². The molecule has 0 radical (unpaired) electrons. The van der Waals surface area contributed by atoms with Gasteiger partial charge in [-0.1, -0.05) is 36.8 Å². The Kier molecular flexibility index (Phi) is 5.54. The van der Waals surface area contributed by atoms with Crippen molar-refractivity contribution < 1.29 is 14.7 Å². The highest BCUT2D eigenvalue weighted by atomic mass is 16.3. The molecule has 0 aliphatic carbocycles. The molecule has 0 spiro atoms. The van der Waals surface area contributed by atoms with Gasteiger partial charge in [-0.2, -0.15) is 0 Å². The number of aliphatic hydroxyl groups excluding tert-OH is 1. The summed E-state index contributed by atoms with van der Waals surface area (Å²) in [7, 11) is 0. The summed E-state index contributed by atoms with van der Waals surface area (Å²) < 4.78 is 0. The van der Waals surface area contributed by atoms with Crippen LogP contribution in [-0.2, 0) is 9.59 Å². The Morgan fingerprint density at radius 3 is 2.40 bits per heavy atom. The predicted octanol–water partition coefficient (Wildman–Crippen LogP) is 2.28. The number of β-amino-alcohol motifs (C(OH)–C–C–N with tert-alkyl or cyclic N) is 1. The number of hydrogen-bond donors (Lipinski definition) is 1. The molecule has 0 bridgehead atoms. The summed E-state index contributed by atoms with van der Waals surface area (Å²) in [6.07, 6.45) is 2.13. The van der Waals surface area contributed by atoms with Crippen LogP contribution in [0.15, 0.2) is 24.3 Å². The first-order chi connectivity index (χ1) is 12.0. The minimum absolute atomic E-state index is 0.114. The first-order valence-electron chi connectivity index (χ1n) is 9.27. The second-order valence-corrected chi connectivity index (χ2v) is 7.52. The fraction of sp³-hybridized carbons (Fsp3) is 0.600. The van der Waals surface area contributed by atoms with Gasteiger partial charge in [-0.05, 0) is 37.8 Å². The summed E-state index contributed by atoms with van der Waals surface area (Å²) in [6.45, 7) is 5.88. The standard InChI is InChI=1S/C20H28N2O3/c1-14-5-7-16(8-6-14)20-15(2)4-3-11-21(20)12-17(23)13-22-18(24)9-10-19(22)25/h5-8,15,17,20,23H,3-4,9-13H2,1-2H3/t15-,17+,20-/m0/s1. The molecule has 2 aliphatic heterocycles. The maximum atomic E-state index is 11.8. The molecule has 2 heterocycles. The predicted molar refractivity (Wildman–Crippen MR) is 95.9 cm³/mol. The number of aryl methyl sites for hydroxylation is 1. The smallest absolute Gasteiger partial charge is 0.229 e. The number of carbonyl (C=O) groups excluding carboxylic acids is 2. The Bertz CT molecular complexity index is 612. The van der Waals surface area contributed by atoms with E-state index in [4.69, 9.17) is 0 Å². The van der Waals surface area contributed by atoms with Gasteiger partial charge in [-0.3, -0.25) is 19.4 Å². The van der Waals surface area contributed by atoms with Gasteiger partial charge in [0.1, 0.15) is 0 Å². The van der Waals surface area contributed by atoms with Crippen molar-refractivity contribution in [1.82, 2.24) is 9.80 Å². The van der Waals surface area contributed by atoms with Crippen LogP contribution in [0.4, 0.5) is 0 Å². The Morgan fingerprint density at radius 1 is 1.12 bits per heavy atom. The first kappa shape index (κ1) is 18.1. The summed E-state index contributed by atoms with van der Waals surface area (Å²) in [5, 5.41) is 10.5. The number of piperidine rings is 1. The second-order valence-electron chi connectivity index (χ2n) is 7.52. The van der Waals surface area contributed by atoms with Crippen molar-refractivity contribution in [2.45, 2.75) is 51.7 Å². The highest BCUT2D eigenvalue weighted by Gasteiger charge is 2.34. The largest absolute Gasteiger partial charge is 0.390 e. The topological polar surface area (TPSA) is 60.9 Å². The van der Waals surface area contributed by atoms with Crippen molar-refractivity contribution in [3.63, 3.8) is 0 Å². The zero-order chi connectivity index (χ0) is 18.0. The van der Waals surface area contributed by atoms with Crippen molar-refractivity contribution in [1.29, 1.82) is 0 Å². The fourth-order valence-electron chi connectivity index (χ4n) is 4.15. The minimum atomic E-state index is -0.704. The van der Waals surface area contributed by atoms with E-state index in [-0.39, 0.29) is 37.2 Å². The highest BCUT2D eigenvalue weighted by Crippen LogP contribution is 2.36. The molecule has 1 aromatic rings. The van der Waals surface area contributed by atoms with E-state index in [1.807, 2.05) is 0 Å². The van der Waals surface area contributed by atoms with Crippen LogP contribution in [0.5, 0.6) is 0 Å². The van der Waals surface area contributed by atoms with Crippen LogP contribution in [0.3, 0.4) is 0 Å². The lowest BCUT2D eigenvalue weighted by atomic mass is 9.85. The molecule has 0 saturated carbocycles. The molecule has 2 aliphatic rings. The number of benzene rings is 1. The number of amides is 2. The average Bonchev–Trinajstić information content (AvgIpc) is 2.88.